The van der Waals surface area contributed by atoms with Crippen molar-refractivity contribution in [3.63, 3.8) is 0 Å². The second-order valence-electron chi connectivity index (χ2n) is 8.67. The van der Waals surface area contributed by atoms with E-state index in [-0.39, 0.29) is 11.9 Å². The van der Waals surface area contributed by atoms with E-state index in [0.717, 1.165) is 24.9 Å². The van der Waals surface area contributed by atoms with Crippen molar-refractivity contribution in [1.29, 1.82) is 0 Å². The van der Waals surface area contributed by atoms with Gasteiger partial charge in [0.05, 0.1) is 6.67 Å². The number of imide groups is 1. The maximum absolute atomic E-state index is 13.2. The van der Waals surface area contributed by atoms with Gasteiger partial charge in [0.2, 0.25) is 0 Å². The monoisotopic (exact) mass is 391 g/mol. The quantitative estimate of drug-likeness (QED) is 0.720. The summed E-state index contributed by atoms with van der Waals surface area (Å²) < 4.78 is 0. The van der Waals surface area contributed by atoms with E-state index in [1.54, 1.807) is 6.92 Å². The number of nitrogens with one attached hydrogen (secondary N) is 1. The third kappa shape index (κ3) is 3.92. The van der Waals surface area contributed by atoms with Gasteiger partial charge in [0.1, 0.15) is 5.54 Å². The minimum Gasteiger partial charge on any atom is -0.319 e. The third-order valence-corrected chi connectivity index (χ3v) is 6.04. The van der Waals surface area contributed by atoms with Crippen molar-refractivity contribution in [2.75, 3.05) is 6.67 Å². The van der Waals surface area contributed by atoms with Crippen LogP contribution in [-0.4, -0.2) is 34.4 Å². The lowest BCUT2D eigenvalue weighted by Gasteiger charge is -2.27. The highest BCUT2D eigenvalue weighted by Gasteiger charge is 2.49. The van der Waals surface area contributed by atoms with Gasteiger partial charge in [-0.15, -0.1) is 0 Å². The number of rotatable bonds is 7. The highest BCUT2D eigenvalue weighted by Crippen LogP contribution is 2.32. The van der Waals surface area contributed by atoms with Crippen LogP contribution in [0, 0.1) is 0 Å². The zero-order valence-corrected chi connectivity index (χ0v) is 17.4. The molecule has 3 amide bonds. The van der Waals surface area contributed by atoms with Gasteiger partial charge >= 0.3 is 6.03 Å². The zero-order valence-electron chi connectivity index (χ0n) is 17.4. The van der Waals surface area contributed by atoms with Crippen molar-refractivity contribution in [3.8, 4) is 0 Å². The Kier molecular flexibility index (Phi) is 5.17. The highest BCUT2D eigenvalue weighted by molar-refractivity contribution is 6.07. The molecule has 0 radical (unpaired) electrons. The van der Waals surface area contributed by atoms with Crippen LogP contribution in [0.1, 0.15) is 56.2 Å². The van der Waals surface area contributed by atoms with Crippen molar-refractivity contribution >= 4 is 11.9 Å². The molecule has 1 aliphatic carbocycles. The van der Waals surface area contributed by atoms with Gasteiger partial charge in [-0.25, -0.2) is 9.69 Å². The summed E-state index contributed by atoms with van der Waals surface area (Å²) in [5.74, 6) is 0.319. The van der Waals surface area contributed by atoms with Crippen molar-refractivity contribution in [2.24, 2.45) is 0 Å². The molecule has 0 unspecified atom stereocenters. The molecule has 0 aromatic heterocycles. The Morgan fingerprint density at radius 3 is 2.31 bits per heavy atom. The number of urea groups is 1. The Labute approximate surface area is 172 Å². The molecule has 1 atom stereocenters. The largest absolute Gasteiger partial charge is 0.326 e. The van der Waals surface area contributed by atoms with E-state index >= 15 is 0 Å². The van der Waals surface area contributed by atoms with Crippen molar-refractivity contribution in [2.45, 2.75) is 57.7 Å². The first-order valence-corrected chi connectivity index (χ1v) is 10.4. The summed E-state index contributed by atoms with van der Waals surface area (Å²) in [6.45, 7) is 7.22. The average molecular weight is 392 g/mol. The predicted molar refractivity (Wildman–Crippen MR) is 113 cm³/mol. The molecule has 1 saturated heterocycles. The molecule has 1 aliphatic heterocycles. The third-order valence-electron chi connectivity index (χ3n) is 6.04. The first-order chi connectivity index (χ1) is 13.9. The molecule has 0 spiro atoms. The van der Waals surface area contributed by atoms with Gasteiger partial charge in [-0.1, -0.05) is 68.4 Å². The van der Waals surface area contributed by atoms with Gasteiger partial charge in [-0.2, -0.15) is 0 Å². The summed E-state index contributed by atoms with van der Waals surface area (Å²) in [4.78, 5) is 29.5. The van der Waals surface area contributed by atoms with Crippen LogP contribution >= 0.6 is 0 Å². The van der Waals surface area contributed by atoms with Gasteiger partial charge in [0.15, 0.2) is 0 Å². The number of nitrogens with zero attached hydrogens (tertiary/aromatic N) is 2. The predicted octanol–water partition coefficient (Wildman–Crippen LogP) is 4.20. The molecule has 2 fully saturated rings. The topological polar surface area (TPSA) is 52.6 Å². The maximum atomic E-state index is 13.2. The molecular weight excluding hydrogens is 362 g/mol. The van der Waals surface area contributed by atoms with E-state index in [0.29, 0.717) is 18.6 Å². The molecule has 1 heterocycles. The average Bonchev–Trinajstić information content (AvgIpc) is 3.53. The Morgan fingerprint density at radius 1 is 1.07 bits per heavy atom. The van der Waals surface area contributed by atoms with Gasteiger partial charge in [0, 0.05) is 12.6 Å². The summed E-state index contributed by atoms with van der Waals surface area (Å²) in [6, 6.07) is 18.2. The van der Waals surface area contributed by atoms with E-state index < -0.39 is 5.54 Å². The lowest BCUT2D eigenvalue weighted by atomic mass is 9.92. The number of amides is 3. The number of carbonyl (C=O) groups is 2. The summed E-state index contributed by atoms with van der Waals surface area (Å²) in [7, 11) is 0. The van der Waals surface area contributed by atoms with Crippen LogP contribution in [0.25, 0.3) is 0 Å². The van der Waals surface area contributed by atoms with Gasteiger partial charge in [-0.3, -0.25) is 9.69 Å². The number of hydrogen-bond donors (Lipinski definition) is 1. The molecule has 29 heavy (non-hydrogen) atoms. The zero-order chi connectivity index (χ0) is 20.6. The Hall–Kier alpha value is -2.66. The molecule has 5 heteroatoms. The highest BCUT2D eigenvalue weighted by atomic mass is 16.2. The van der Waals surface area contributed by atoms with E-state index in [4.69, 9.17) is 0 Å². The van der Waals surface area contributed by atoms with Crippen LogP contribution in [0.2, 0.25) is 0 Å². The van der Waals surface area contributed by atoms with E-state index in [1.807, 2.05) is 30.3 Å². The first-order valence-electron chi connectivity index (χ1n) is 10.4. The fraction of sp³-hybridized carbons (Fsp3) is 0.417. The summed E-state index contributed by atoms with van der Waals surface area (Å²) in [6.07, 6.45) is 2.23. The second kappa shape index (κ2) is 7.64. The molecular formula is C24H29N3O2. The molecule has 5 nitrogen and oxygen atoms in total. The molecule has 2 aromatic carbocycles. The molecule has 4 rings (SSSR count). The van der Waals surface area contributed by atoms with Crippen molar-refractivity contribution in [1.82, 2.24) is 15.1 Å². The van der Waals surface area contributed by atoms with Gasteiger partial charge in [0.25, 0.3) is 5.91 Å². The molecule has 2 aromatic rings. The van der Waals surface area contributed by atoms with Crippen LogP contribution in [0.3, 0.4) is 0 Å². The standard InChI is InChI=1S/C24H29N3O2/c1-17(2)19-11-9-18(10-12-19)15-26(21-13-14-21)16-27-22(28)24(3,25-23(27)29)20-7-5-4-6-8-20/h4-12,17,21H,13-16H2,1-3H3,(H,25,29)/t24-/m1/s1. The first kappa shape index (κ1) is 19.6. The minimum atomic E-state index is -1.01. The van der Waals surface area contributed by atoms with Crippen molar-refractivity contribution < 1.29 is 9.59 Å². The molecule has 1 saturated carbocycles. The number of hydrogen-bond acceptors (Lipinski definition) is 3. The smallest absolute Gasteiger partial charge is 0.319 e. The Balaban J connectivity index is 1.50. The van der Waals surface area contributed by atoms with E-state index in [2.05, 4.69) is 48.3 Å². The molecule has 2 aliphatic rings. The van der Waals surface area contributed by atoms with Crippen LogP contribution in [0.5, 0.6) is 0 Å². The lowest BCUT2D eigenvalue weighted by Crippen LogP contribution is -2.44. The van der Waals surface area contributed by atoms with Crippen LogP contribution in [0.15, 0.2) is 54.6 Å². The van der Waals surface area contributed by atoms with Gasteiger partial charge < -0.3 is 5.32 Å². The SMILES string of the molecule is CC(C)c1ccc(CN(CN2C(=O)N[C@](C)(c3ccccc3)C2=O)C2CC2)cc1. The van der Waals surface area contributed by atoms with Crippen LogP contribution in [0.4, 0.5) is 4.79 Å². The van der Waals surface area contributed by atoms with E-state index in [1.165, 1.54) is 16.0 Å². The molecule has 0 bridgehead atoms. The van der Waals surface area contributed by atoms with Crippen molar-refractivity contribution in [3.05, 3.63) is 71.3 Å². The minimum absolute atomic E-state index is 0.186. The summed E-state index contributed by atoms with van der Waals surface area (Å²) in [5.41, 5.74) is 2.33. The lowest BCUT2D eigenvalue weighted by molar-refractivity contribution is -0.132. The van der Waals surface area contributed by atoms with Crippen LogP contribution < -0.4 is 5.32 Å². The fourth-order valence-electron chi connectivity index (χ4n) is 3.95. The Morgan fingerprint density at radius 2 is 1.72 bits per heavy atom. The second-order valence-corrected chi connectivity index (χ2v) is 8.67. The van der Waals surface area contributed by atoms with Crippen LogP contribution in [-0.2, 0) is 16.9 Å². The van der Waals surface area contributed by atoms with Gasteiger partial charge in [-0.05, 0) is 42.4 Å². The van der Waals surface area contributed by atoms with E-state index in [9.17, 15) is 9.59 Å². The fourth-order valence-corrected chi connectivity index (χ4v) is 3.95. The maximum Gasteiger partial charge on any atom is 0.326 e. The normalized spacial score (nSPS) is 21.9. The number of carbonyl (C=O) groups excluding carboxylic acids is 2. The summed E-state index contributed by atoms with van der Waals surface area (Å²) in [5, 5.41) is 2.91. The Bertz CT molecular complexity index is 890. The molecule has 152 valence electrons. The summed E-state index contributed by atoms with van der Waals surface area (Å²) >= 11 is 0. The number of benzene rings is 2. The molecule has 1 N–H and O–H groups in total.